The van der Waals surface area contributed by atoms with Crippen molar-refractivity contribution < 1.29 is 4.52 Å². The molecular formula is C6H8N2O. The monoisotopic (exact) mass is 124 g/mol. The summed E-state index contributed by atoms with van der Waals surface area (Å²) in [5.41, 5.74) is 2.27. The largest absolute Gasteiger partial charge is 0.359 e. The zero-order valence-corrected chi connectivity index (χ0v) is 5.27. The Balaban J connectivity index is 2.56. The maximum atomic E-state index is 4.99. The number of hydrogen-bond donors (Lipinski definition) is 1. The maximum Gasteiger partial charge on any atom is 0.155 e. The summed E-state index contributed by atoms with van der Waals surface area (Å²) in [6, 6.07) is 0. The van der Waals surface area contributed by atoms with Crippen molar-refractivity contribution in [2.75, 3.05) is 0 Å². The van der Waals surface area contributed by atoms with Gasteiger partial charge < -0.3 is 9.84 Å². The van der Waals surface area contributed by atoms with Crippen LogP contribution in [0.3, 0.4) is 0 Å². The molecule has 0 saturated carbocycles. The van der Waals surface area contributed by atoms with E-state index in [0.29, 0.717) is 0 Å². The van der Waals surface area contributed by atoms with E-state index in [1.807, 2.05) is 6.92 Å². The van der Waals surface area contributed by atoms with Gasteiger partial charge in [-0.15, -0.1) is 0 Å². The lowest BCUT2D eigenvalue weighted by Gasteiger charge is -1.85. The third-order valence-corrected chi connectivity index (χ3v) is 1.65. The molecule has 48 valence electrons. The molecule has 0 radical (unpaired) electrons. The Kier molecular flexibility index (Phi) is 0.873. The van der Waals surface area contributed by atoms with Crippen LogP contribution >= 0.6 is 0 Å². The van der Waals surface area contributed by atoms with E-state index in [-0.39, 0.29) is 0 Å². The van der Waals surface area contributed by atoms with Gasteiger partial charge in [-0.3, -0.25) is 0 Å². The van der Waals surface area contributed by atoms with Gasteiger partial charge in [0.05, 0.1) is 12.2 Å². The third kappa shape index (κ3) is 0.580. The van der Waals surface area contributed by atoms with Crippen molar-refractivity contribution in [2.24, 2.45) is 0 Å². The molecule has 2 rings (SSSR count). The van der Waals surface area contributed by atoms with Crippen molar-refractivity contribution in [3.63, 3.8) is 0 Å². The number of aryl methyl sites for hydroxylation is 1. The maximum absolute atomic E-state index is 4.99. The summed E-state index contributed by atoms with van der Waals surface area (Å²) in [5, 5.41) is 7.00. The van der Waals surface area contributed by atoms with Crippen molar-refractivity contribution in [1.82, 2.24) is 10.5 Å². The van der Waals surface area contributed by atoms with E-state index in [4.69, 9.17) is 4.52 Å². The van der Waals surface area contributed by atoms with Crippen LogP contribution in [0, 0.1) is 6.92 Å². The SMILES string of the molecule is Cc1noc2c1CNC2. The molecule has 0 unspecified atom stereocenters. The molecule has 3 nitrogen and oxygen atoms in total. The molecule has 1 N–H and O–H groups in total. The van der Waals surface area contributed by atoms with Gasteiger partial charge in [0.15, 0.2) is 5.76 Å². The van der Waals surface area contributed by atoms with Crippen molar-refractivity contribution in [3.05, 3.63) is 17.0 Å². The van der Waals surface area contributed by atoms with Crippen LogP contribution in [-0.4, -0.2) is 5.16 Å². The molecule has 0 spiro atoms. The van der Waals surface area contributed by atoms with Gasteiger partial charge in [0.25, 0.3) is 0 Å². The Morgan fingerprint density at radius 2 is 2.44 bits per heavy atom. The average Bonchev–Trinajstić information content (AvgIpc) is 2.35. The highest BCUT2D eigenvalue weighted by Crippen LogP contribution is 2.17. The molecule has 3 heteroatoms. The molecule has 9 heavy (non-hydrogen) atoms. The molecule has 0 fully saturated rings. The predicted molar refractivity (Wildman–Crippen MR) is 31.8 cm³/mol. The second kappa shape index (κ2) is 1.57. The lowest BCUT2D eigenvalue weighted by Crippen LogP contribution is -2.01. The Bertz CT molecular complexity index is 229. The first-order chi connectivity index (χ1) is 4.38. The molecule has 1 aromatic rings. The zero-order valence-electron chi connectivity index (χ0n) is 5.27. The van der Waals surface area contributed by atoms with Gasteiger partial charge in [0.2, 0.25) is 0 Å². The fraction of sp³-hybridized carbons (Fsp3) is 0.500. The second-order valence-corrected chi connectivity index (χ2v) is 2.27. The van der Waals surface area contributed by atoms with Gasteiger partial charge in [-0.05, 0) is 6.92 Å². The zero-order chi connectivity index (χ0) is 6.27. The topological polar surface area (TPSA) is 38.1 Å². The van der Waals surface area contributed by atoms with Crippen molar-refractivity contribution in [2.45, 2.75) is 20.0 Å². The molecular weight excluding hydrogens is 116 g/mol. The standard InChI is InChI=1S/C6H8N2O/c1-4-5-2-7-3-6(5)9-8-4/h7H,2-3H2,1H3. The first kappa shape index (κ1) is 4.99. The fourth-order valence-corrected chi connectivity index (χ4v) is 1.10. The minimum Gasteiger partial charge on any atom is -0.359 e. The summed E-state index contributed by atoms with van der Waals surface area (Å²) in [4.78, 5) is 0. The highest BCUT2D eigenvalue weighted by Gasteiger charge is 2.17. The Morgan fingerprint density at radius 1 is 1.56 bits per heavy atom. The summed E-state index contributed by atoms with van der Waals surface area (Å²) in [5.74, 6) is 1.01. The Labute approximate surface area is 53.0 Å². The van der Waals surface area contributed by atoms with E-state index >= 15 is 0 Å². The van der Waals surface area contributed by atoms with E-state index in [9.17, 15) is 0 Å². The van der Waals surface area contributed by atoms with E-state index in [1.165, 1.54) is 5.56 Å². The summed E-state index contributed by atoms with van der Waals surface area (Å²) in [6.45, 7) is 3.73. The lowest BCUT2D eigenvalue weighted by molar-refractivity contribution is 0.377. The van der Waals surface area contributed by atoms with Gasteiger partial charge in [-0.25, -0.2) is 0 Å². The van der Waals surface area contributed by atoms with Crippen LogP contribution in [0.2, 0.25) is 0 Å². The van der Waals surface area contributed by atoms with E-state index in [2.05, 4.69) is 10.5 Å². The molecule has 0 bridgehead atoms. The normalized spacial score (nSPS) is 16.1. The van der Waals surface area contributed by atoms with Crippen LogP contribution in [0.5, 0.6) is 0 Å². The van der Waals surface area contributed by atoms with Crippen LogP contribution in [0.4, 0.5) is 0 Å². The van der Waals surface area contributed by atoms with Gasteiger partial charge in [0.1, 0.15) is 0 Å². The molecule has 0 atom stereocenters. The van der Waals surface area contributed by atoms with Crippen LogP contribution in [0.25, 0.3) is 0 Å². The van der Waals surface area contributed by atoms with Crippen LogP contribution < -0.4 is 5.32 Å². The van der Waals surface area contributed by atoms with E-state index in [1.54, 1.807) is 0 Å². The molecule has 1 aliphatic heterocycles. The summed E-state index contributed by atoms with van der Waals surface area (Å²) >= 11 is 0. The number of aromatic nitrogens is 1. The number of fused-ring (bicyclic) bond motifs is 1. The average molecular weight is 124 g/mol. The van der Waals surface area contributed by atoms with Crippen LogP contribution in [0.1, 0.15) is 17.0 Å². The number of nitrogens with one attached hydrogen (secondary N) is 1. The molecule has 1 aliphatic rings. The van der Waals surface area contributed by atoms with Crippen molar-refractivity contribution in [3.8, 4) is 0 Å². The van der Waals surface area contributed by atoms with Crippen LogP contribution in [-0.2, 0) is 13.1 Å². The first-order valence-corrected chi connectivity index (χ1v) is 3.02. The van der Waals surface area contributed by atoms with Gasteiger partial charge in [-0.1, -0.05) is 5.16 Å². The summed E-state index contributed by atoms with van der Waals surface area (Å²) < 4.78 is 4.99. The molecule has 0 amide bonds. The van der Waals surface area contributed by atoms with Gasteiger partial charge in [-0.2, -0.15) is 0 Å². The van der Waals surface area contributed by atoms with E-state index < -0.39 is 0 Å². The van der Waals surface area contributed by atoms with Gasteiger partial charge >= 0.3 is 0 Å². The minimum absolute atomic E-state index is 0.843. The Hall–Kier alpha value is -0.830. The summed E-state index contributed by atoms with van der Waals surface area (Å²) in [7, 11) is 0. The molecule has 0 saturated heterocycles. The van der Waals surface area contributed by atoms with Gasteiger partial charge in [0, 0.05) is 12.1 Å². The fourth-order valence-electron chi connectivity index (χ4n) is 1.10. The number of rotatable bonds is 0. The Morgan fingerprint density at radius 3 is 3.22 bits per heavy atom. The predicted octanol–water partition coefficient (Wildman–Crippen LogP) is 0.586. The lowest BCUT2D eigenvalue weighted by atomic mass is 10.2. The summed E-state index contributed by atoms with van der Waals surface area (Å²) in [6.07, 6.45) is 0. The highest BCUT2D eigenvalue weighted by atomic mass is 16.5. The molecule has 0 aliphatic carbocycles. The number of hydrogen-bond acceptors (Lipinski definition) is 3. The smallest absolute Gasteiger partial charge is 0.155 e. The van der Waals surface area contributed by atoms with E-state index in [0.717, 1.165) is 24.5 Å². The quantitative estimate of drug-likeness (QED) is 0.550. The first-order valence-electron chi connectivity index (χ1n) is 3.02. The van der Waals surface area contributed by atoms with Crippen molar-refractivity contribution >= 4 is 0 Å². The second-order valence-electron chi connectivity index (χ2n) is 2.27. The molecule has 1 aromatic heterocycles. The number of nitrogens with zero attached hydrogens (tertiary/aromatic N) is 1. The minimum atomic E-state index is 0.843. The highest BCUT2D eigenvalue weighted by molar-refractivity contribution is 5.24. The third-order valence-electron chi connectivity index (χ3n) is 1.65. The molecule has 2 heterocycles. The van der Waals surface area contributed by atoms with Crippen molar-refractivity contribution in [1.29, 1.82) is 0 Å². The van der Waals surface area contributed by atoms with Crippen LogP contribution in [0.15, 0.2) is 4.52 Å². The molecule has 0 aromatic carbocycles.